The van der Waals surface area contributed by atoms with Crippen LogP contribution in [0.4, 0.5) is 0 Å². The van der Waals surface area contributed by atoms with Crippen molar-refractivity contribution in [1.82, 2.24) is 4.98 Å². The Balaban J connectivity index is 1.75. The normalized spacial score (nSPS) is 16.7. The van der Waals surface area contributed by atoms with E-state index < -0.39 is 0 Å². The summed E-state index contributed by atoms with van der Waals surface area (Å²) in [6.45, 7) is 2.08. The molecule has 0 fully saturated rings. The molecule has 0 bridgehead atoms. The van der Waals surface area contributed by atoms with Crippen molar-refractivity contribution < 1.29 is 4.79 Å². The van der Waals surface area contributed by atoms with E-state index in [2.05, 4.69) is 48.3 Å². The number of carbonyl (C=O) groups excluding carboxylic acids is 1. The highest BCUT2D eigenvalue weighted by atomic mass is 16.1. The Bertz CT molecular complexity index is 882. The molecule has 24 heavy (non-hydrogen) atoms. The molecule has 0 N–H and O–H groups in total. The lowest BCUT2D eigenvalue weighted by atomic mass is 9.79. The fourth-order valence-electron chi connectivity index (χ4n) is 3.54. The third-order valence-corrected chi connectivity index (χ3v) is 4.81. The first kappa shape index (κ1) is 14.8. The molecule has 0 amide bonds. The van der Waals surface area contributed by atoms with Crippen LogP contribution >= 0.6 is 0 Å². The van der Waals surface area contributed by atoms with Crippen LogP contribution in [0.25, 0.3) is 11.1 Å². The van der Waals surface area contributed by atoms with Gasteiger partial charge in [0, 0.05) is 18.2 Å². The van der Waals surface area contributed by atoms with Crippen molar-refractivity contribution >= 4 is 5.78 Å². The second-order valence-electron chi connectivity index (χ2n) is 6.49. The van der Waals surface area contributed by atoms with E-state index in [4.69, 9.17) is 0 Å². The second kappa shape index (κ2) is 6.04. The van der Waals surface area contributed by atoms with Crippen molar-refractivity contribution in [1.29, 1.82) is 0 Å². The molecule has 0 aliphatic heterocycles. The SMILES string of the molecule is Cc1ccc([C@@H]2CC(=O)c3c(-c4ccccc4)ccnc3C2)cc1. The number of hydrogen-bond acceptors (Lipinski definition) is 2. The summed E-state index contributed by atoms with van der Waals surface area (Å²) >= 11 is 0. The molecule has 2 aromatic carbocycles. The maximum Gasteiger partial charge on any atom is 0.165 e. The summed E-state index contributed by atoms with van der Waals surface area (Å²) in [5.41, 5.74) is 6.30. The number of carbonyl (C=O) groups is 1. The zero-order valence-electron chi connectivity index (χ0n) is 13.7. The van der Waals surface area contributed by atoms with Crippen LogP contribution < -0.4 is 0 Å². The van der Waals surface area contributed by atoms with Gasteiger partial charge in [-0.3, -0.25) is 9.78 Å². The molecular weight excluding hydrogens is 294 g/mol. The van der Waals surface area contributed by atoms with Crippen molar-refractivity contribution in [3.63, 3.8) is 0 Å². The molecule has 3 aromatic rings. The first-order chi connectivity index (χ1) is 11.7. The van der Waals surface area contributed by atoms with E-state index >= 15 is 0 Å². The van der Waals surface area contributed by atoms with Crippen LogP contribution in [0.3, 0.4) is 0 Å². The molecule has 2 nitrogen and oxygen atoms in total. The predicted octanol–water partition coefficient (Wildman–Crippen LogP) is 4.97. The van der Waals surface area contributed by atoms with E-state index in [0.717, 1.165) is 28.8 Å². The molecule has 1 aliphatic rings. The number of rotatable bonds is 2. The van der Waals surface area contributed by atoms with Crippen molar-refractivity contribution in [2.75, 3.05) is 0 Å². The lowest BCUT2D eigenvalue weighted by molar-refractivity contribution is 0.0964. The van der Waals surface area contributed by atoms with Gasteiger partial charge in [0.05, 0.1) is 5.69 Å². The van der Waals surface area contributed by atoms with Gasteiger partial charge < -0.3 is 0 Å². The lowest BCUT2D eigenvalue weighted by Crippen LogP contribution is -2.21. The van der Waals surface area contributed by atoms with Crippen LogP contribution in [-0.2, 0) is 6.42 Å². The van der Waals surface area contributed by atoms with E-state index in [1.54, 1.807) is 0 Å². The monoisotopic (exact) mass is 313 g/mol. The Kier molecular flexibility index (Phi) is 3.73. The van der Waals surface area contributed by atoms with Gasteiger partial charge in [0.15, 0.2) is 5.78 Å². The zero-order valence-corrected chi connectivity index (χ0v) is 13.7. The molecule has 0 spiro atoms. The maximum atomic E-state index is 12.9. The number of Topliss-reactive ketones (excluding diaryl/α,β-unsaturated/α-hetero) is 1. The highest BCUT2D eigenvalue weighted by Crippen LogP contribution is 2.36. The van der Waals surface area contributed by atoms with Gasteiger partial charge in [0.25, 0.3) is 0 Å². The van der Waals surface area contributed by atoms with Gasteiger partial charge in [-0.2, -0.15) is 0 Å². The van der Waals surface area contributed by atoms with Crippen LogP contribution in [0.1, 0.15) is 39.5 Å². The number of pyridine rings is 1. The number of fused-ring (bicyclic) bond motifs is 1. The first-order valence-electron chi connectivity index (χ1n) is 8.35. The van der Waals surface area contributed by atoms with Gasteiger partial charge in [-0.1, -0.05) is 60.2 Å². The van der Waals surface area contributed by atoms with Gasteiger partial charge in [0.1, 0.15) is 0 Å². The summed E-state index contributed by atoms with van der Waals surface area (Å²) in [5.74, 6) is 0.429. The molecule has 118 valence electrons. The summed E-state index contributed by atoms with van der Waals surface area (Å²) in [7, 11) is 0. The molecule has 0 saturated heterocycles. The number of aromatic nitrogens is 1. The standard InChI is InChI=1S/C22H19NO/c1-15-7-9-16(10-8-15)18-13-20-22(21(24)14-18)19(11-12-23-20)17-5-3-2-4-6-17/h2-12,18H,13-14H2,1H3/t18-/m0/s1. The van der Waals surface area contributed by atoms with E-state index in [-0.39, 0.29) is 11.7 Å². The number of nitrogens with zero attached hydrogens (tertiary/aromatic N) is 1. The summed E-state index contributed by atoms with van der Waals surface area (Å²) in [6.07, 6.45) is 3.21. The second-order valence-corrected chi connectivity index (χ2v) is 6.49. The molecule has 0 radical (unpaired) electrons. The van der Waals surface area contributed by atoms with Gasteiger partial charge >= 0.3 is 0 Å². The van der Waals surface area contributed by atoms with Crippen molar-refractivity contribution in [3.8, 4) is 11.1 Å². The van der Waals surface area contributed by atoms with Gasteiger partial charge in [0.2, 0.25) is 0 Å². The average Bonchev–Trinajstić information content (AvgIpc) is 2.62. The summed E-state index contributed by atoms with van der Waals surface area (Å²) in [5, 5.41) is 0. The quantitative estimate of drug-likeness (QED) is 0.668. The summed E-state index contributed by atoms with van der Waals surface area (Å²) < 4.78 is 0. The number of aryl methyl sites for hydroxylation is 1. The molecule has 1 aliphatic carbocycles. The molecule has 1 atom stereocenters. The van der Waals surface area contributed by atoms with E-state index in [0.29, 0.717) is 6.42 Å². The Labute approximate surface area is 142 Å². The van der Waals surface area contributed by atoms with E-state index in [9.17, 15) is 4.79 Å². The van der Waals surface area contributed by atoms with Crippen LogP contribution in [-0.4, -0.2) is 10.8 Å². The molecule has 0 unspecified atom stereocenters. The number of ketones is 1. The highest BCUT2D eigenvalue weighted by Gasteiger charge is 2.29. The Morgan fingerprint density at radius 3 is 2.42 bits per heavy atom. The smallest absolute Gasteiger partial charge is 0.165 e. The lowest BCUT2D eigenvalue weighted by Gasteiger charge is -2.25. The number of benzene rings is 2. The van der Waals surface area contributed by atoms with Crippen molar-refractivity contribution in [2.45, 2.75) is 25.7 Å². The van der Waals surface area contributed by atoms with Crippen LogP contribution in [0, 0.1) is 6.92 Å². The Morgan fingerprint density at radius 1 is 0.917 bits per heavy atom. The van der Waals surface area contributed by atoms with Crippen molar-refractivity contribution in [2.24, 2.45) is 0 Å². The third-order valence-electron chi connectivity index (χ3n) is 4.81. The fourth-order valence-corrected chi connectivity index (χ4v) is 3.54. The third kappa shape index (κ3) is 2.65. The van der Waals surface area contributed by atoms with Crippen LogP contribution in [0.2, 0.25) is 0 Å². The van der Waals surface area contributed by atoms with Crippen molar-refractivity contribution in [3.05, 3.63) is 89.2 Å². The minimum absolute atomic E-state index is 0.203. The Morgan fingerprint density at radius 2 is 1.67 bits per heavy atom. The predicted molar refractivity (Wildman–Crippen MR) is 96.2 cm³/mol. The Hall–Kier alpha value is -2.74. The first-order valence-corrected chi connectivity index (χ1v) is 8.35. The van der Waals surface area contributed by atoms with E-state index in [1.807, 2.05) is 30.5 Å². The largest absolute Gasteiger partial charge is 0.294 e. The van der Waals surface area contributed by atoms with Crippen LogP contribution in [0.5, 0.6) is 0 Å². The topological polar surface area (TPSA) is 30.0 Å². The van der Waals surface area contributed by atoms with E-state index in [1.165, 1.54) is 11.1 Å². The van der Waals surface area contributed by atoms with Gasteiger partial charge in [-0.15, -0.1) is 0 Å². The average molecular weight is 313 g/mol. The molecule has 1 aromatic heterocycles. The zero-order chi connectivity index (χ0) is 16.5. The molecule has 4 rings (SSSR count). The molecule has 0 saturated carbocycles. The van der Waals surface area contributed by atoms with Gasteiger partial charge in [-0.05, 0) is 42.0 Å². The minimum atomic E-state index is 0.203. The van der Waals surface area contributed by atoms with Gasteiger partial charge in [-0.25, -0.2) is 0 Å². The minimum Gasteiger partial charge on any atom is -0.294 e. The molecular formula is C22H19NO. The molecule has 2 heteroatoms. The van der Waals surface area contributed by atoms with Crippen LogP contribution in [0.15, 0.2) is 66.9 Å². The summed E-state index contributed by atoms with van der Waals surface area (Å²) in [4.78, 5) is 17.4. The number of hydrogen-bond donors (Lipinski definition) is 0. The fraction of sp³-hybridized carbons (Fsp3) is 0.182. The highest BCUT2D eigenvalue weighted by molar-refractivity contribution is 6.04. The maximum absolute atomic E-state index is 12.9. The summed E-state index contributed by atoms with van der Waals surface area (Å²) in [6, 6.07) is 20.6. The molecule has 1 heterocycles.